The number of nitrogens with zero attached hydrogens (tertiary/aromatic N) is 3. The predicted octanol–water partition coefficient (Wildman–Crippen LogP) is 5.42. The van der Waals surface area contributed by atoms with Crippen LogP contribution in [0.1, 0.15) is 47.9 Å². The van der Waals surface area contributed by atoms with E-state index >= 15 is 0 Å². The third-order valence-electron chi connectivity index (χ3n) is 5.39. The zero-order valence-electron chi connectivity index (χ0n) is 17.1. The van der Waals surface area contributed by atoms with Crippen molar-refractivity contribution in [3.8, 4) is 11.4 Å². The van der Waals surface area contributed by atoms with E-state index in [9.17, 15) is 4.79 Å². The summed E-state index contributed by atoms with van der Waals surface area (Å²) in [4.78, 5) is 19.5. The molecule has 0 radical (unpaired) electrons. The van der Waals surface area contributed by atoms with Crippen LogP contribution in [-0.4, -0.2) is 27.6 Å². The molecular formula is C23H26N4O2. The Labute approximate surface area is 170 Å². The molecule has 1 aliphatic rings. The van der Waals surface area contributed by atoms with Gasteiger partial charge in [0, 0.05) is 17.8 Å². The van der Waals surface area contributed by atoms with E-state index in [1.54, 1.807) is 0 Å². The van der Waals surface area contributed by atoms with Crippen LogP contribution in [0.5, 0.6) is 0 Å². The minimum Gasteiger partial charge on any atom is -0.337 e. The van der Waals surface area contributed by atoms with Gasteiger partial charge in [0.1, 0.15) is 6.04 Å². The highest BCUT2D eigenvalue weighted by molar-refractivity contribution is 5.90. The summed E-state index contributed by atoms with van der Waals surface area (Å²) < 4.78 is 5.59. The van der Waals surface area contributed by atoms with Crippen LogP contribution >= 0.6 is 0 Å². The maximum absolute atomic E-state index is 13.0. The molecule has 3 aromatic rings. The van der Waals surface area contributed by atoms with Gasteiger partial charge in [-0.1, -0.05) is 46.6 Å². The lowest BCUT2D eigenvalue weighted by atomic mass is 10.0. The smallest absolute Gasteiger partial charge is 0.322 e. The lowest BCUT2D eigenvalue weighted by Gasteiger charge is -2.33. The summed E-state index contributed by atoms with van der Waals surface area (Å²) in [6, 6.07) is 13.7. The topological polar surface area (TPSA) is 71.3 Å². The molecule has 4 rings (SSSR count). The highest BCUT2D eigenvalue weighted by Crippen LogP contribution is 2.32. The standard InChI is InChI=1S/C23H26N4O2/c1-15-7-6-8-18(14-15)21-25-22(29-26-21)20-9-4-5-12-27(20)23(28)24-19-11-10-16(2)13-17(19)3/h6-8,10-11,13-14,20H,4-5,9,12H2,1-3H3,(H,24,28)/t20-/m1/s1. The molecule has 1 saturated heterocycles. The lowest BCUT2D eigenvalue weighted by Crippen LogP contribution is -2.41. The van der Waals surface area contributed by atoms with Gasteiger partial charge in [0.2, 0.25) is 11.7 Å². The number of amides is 2. The fourth-order valence-corrected chi connectivity index (χ4v) is 3.84. The number of rotatable bonds is 3. The first-order valence-electron chi connectivity index (χ1n) is 10.1. The molecule has 1 aromatic heterocycles. The van der Waals surface area contributed by atoms with Crippen LogP contribution in [0.4, 0.5) is 10.5 Å². The fraction of sp³-hybridized carbons (Fsp3) is 0.348. The Hall–Kier alpha value is -3.15. The monoisotopic (exact) mass is 390 g/mol. The largest absolute Gasteiger partial charge is 0.337 e. The zero-order chi connectivity index (χ0) is 20.4. The lowest BCUT2D eigenvalue weighted by molar-refractivity contribution is 0.142. The first-order valence-corrected chi connectivity index (χ1v) is 10.1. The first-order chi connectivity index (χ1) is 14.0. The van der Waals surface area contributed by atoms with E-state index in [-0.39, 0.29) is 12.1 Å². The van der Waals surface area contributed by atoms with Crippen LogP contribution in [0.15, 0.2) is 47.0 Å². The Bertz CT molecular complexity index is 1030. The van der Waals surface area contributed by atoms with Gasteiger partial charge >= 0.3 is 6.03 Å². The van der Waals surface area contributed by atoms with E-state index in [0.29, 0.717) is 18.3 Å². The van der Waals surface area contributed by atoms with Gasteiger partial charge in [-0.3, -0.25) is 0 Å². The van der Waals surface area contributed by atoms with E-state index in [2.05, 4.69) is 21.5 Å². The third-order valence-corrected chi connectivity index (χ3v) is 5.39. The molecule has 6 heteroatoms. The number of aromatic nitrogens is 2. The molecule has 0 aliphatic carbocycles. The summed E-state index contributed by atoms with van der Waals surface area (Å²) in [5, 5.41) is 7.21. The van der Waals surface area contributed by atoms with Crippen molar-refractivity contribution >= 4 is 11.7 Å². The number of hydrogen-bond acceptors (Lipinski definition) is 4. The molecule has 150 valence electrons. The number of nitrogens with one attached hydrogen (secondary N) is 1. The highest BCUT2D eigenvalue weighted by atomic mass is 16.5. The Morgan fingerprint density at radius 2 is 1.93 bits per heavy atom. The van der Waals surface area contributed by atoms with E-state index < -0.39 is 0 Å². The second-order valence-corrected chi connectivity index (χ2v) is 7.78. The number of hydrogen-bond donors (Lipinski definition) is 1. The second kappa shape index (κ2) is 8.07. The number of carbonyl (C=O) groups is 1. The fourth-order valence-electron chi connectivity index (χ4n) is 3.84. The molecule has 2 heterocycles. The second-order valence-electron chi connectivity index (χ2n) is 7.78. The first kappa shape index (κ1) is 19.2. The summed E-state index contributed by atoms with van der Waals surface area (Å²) in [6.45, 7) is 6.75. The van der Waals surface area contributed by atoms with Crippen molar-refractivity contribution in [3.05, 3.63) is 65.0 Å². The summed E-state index contributed by atoms with van der Waals surface area (Å²) >= 11 is 0. The maximum atomic E-state index is 13.0. The summed E-state index contributed by atoms with van der Waals surface area (Å²) in [5.41, 5.74) is 5.11. The van der Waals surface area contributed by atoms with Crippen LogP contribution in [0.3, 0.4) is 0 Å². The molecule has 29 heavy (non-hydrogen) atoms. The molecule has 2 amide bonds. The van der Waals surface area contributed by atoms with Crippen molar-refractivity contribution in [1.29, 1.82) is 0 Å². The number of likely N-dealkylation sites (tertiary alicyclic amines) is 1. The van der Waals surface area contributed by atoms with E-state index in [1.165, 1.54) is 5.56 Å². The Morgan fingerprint density at radius 3 is 2.72 bits per heavy atom. The van der Waals surface area contributed by atoms with E-state index in [1.807, 2.05) is 62.1 Å². The quantitative estimate of drug-likeness (QED) is 0.648. The highest BCUT2D eigenvalue weighted by Gasteiger charge is 2.32. The molecule has 0 saturated carbocycles. The summed E-state index contributed by atoms with van der Waals surface area (Å²) in [5.74, 6) is 1.06. The molecule has 1 aliphatic heterocycles. The third kappa shape index (κ3) is 4.16. The predicted molar refractivity (Wildman–Crippen MR) is 113 cm³/mol. The van der Waals surface area contributed by atoms with Crippen molar-refractivity contribution in [3.63, 3.8) is 0 Å². The number of benzene rings is 2. The van der Waals surface area contributed by atoms with Gasteiger partial charge in [0.15, 0.2) is 0 Å². The number of carbonyl (C=O) groups excluding carboxylic acids is 1. The number of piperidine rings is 1. The molecule has 0 spiro atoms. The van der Waals surface area contributed by atoms with Gasteiger partial charge in [-0.05, 0) is 57.7 Å². The molecule has 1 atom stereocenters. The van der Waals surface area contributed by atoms with Gasteiger partial charge < -0.3 is 14.7 Å². The molecule has 0 bridgehead atoms. The van der Waals surface area contributed by atoms with Crippen molar-refractivity contribution in [2.45, 2.75) is 46.1 Å². The van der Waals surface area contributed by atoms with Crippen molar-refractivity contribution in [2.75, 3.05) is 11.9 Å². The molecular weight excluding hydrogens is 364 g/mol. The molecule has 0 unspecified atom stereocenters. The van der Waals surface area contributed by atoms with Crippen LogP contribution in [0, 0.1) is 20.8 Å². The maximum Gasteiger partial charge on any atom is 0.322 e. The Kier molecular flexibility index (Phi) is 5.34. The van der Waals surface area contributed by atoms with Gasteiger partial charge in [-0.15, -0.1) is 0 Å². The Balaban J connectivity index is 1.55. The average Bonchev–Trinajstić information content (AvgIpc) is 3.20. The van der Waals surface area contributed by atoms with Crippen molar-refractivity contribution in [1.82, 2.24) is 15.0 Å². The molecule has 2 aromatic carbocycles. The molecule has 1 fully saturated rings. The average molecular weight is 390 g/mol. The van der Waals surface area contributed by atoms with Gasteiger partial charge in [0.05, 0.1) is 0 Å². The number of aryl methyl sites for hydroxylation is 3. The minimum absolute atomic E-state index is 0.128. The summed E-state index contributed by atoms with van der Waals surface area (Å²) in [6.07, 6.45) is 2.81. The van der Waals surface area contributed by atoms with Gasteiger partial charge in [-0.2, -0.15) is 4.98 Å². The van der Waals surface area contributed by atoms with Crippen LogP contribution in [-0.2, 0) is 0 Å². The zero-order valence-corrected chi connectivity index (χ0v) is 17.1. The minimum atomic E-state index is -0.208. The van der Waals surface area contributed by atoms with Crippen LogP contribution < -0.4 is 5.32 Å². The number of anilines is 1. The summed E-state index contributed by atoms with van der Waals surface area (Å²) in [7, 11) is 0. The number of urea groups is 1. The Morgan fingerprint density at radius 1 is 1.10 bits per heavy atom. The van der Waals surface area contributed by atoms with Gasteiger partial charge in [-0.25, -0.2) is 4.79 Å². The van der Waals surface area contributed by atoms with Crippen molar-refractivity contribution < 1.29 is 9.32 Å². The molecule has 1 N–H and O–H groups in total. The normalized spacial score (nSPS) is 16.7. The van der Waals surface area contributed by atoms with Crippen LogP contribution in [0.2, 0.25) is 0 Å². The SMILES string of the molecule is Cc1cccc(-c2noc([C@H]3CCCCN3C(=O)Nc3ccc(C)cc3C)n2)c1. The van der Waals surface area contributed by atoms with E-state index in [4.69, 9.17) is 4.52 Å². The van der Waals surface area contributed by atoms with Crippen LogP contribution in [0.25, 0.3) is 11.4 Å². The van der Waals surface area contributed by atoms with E-state index in [0.717, 1.165) is 41.6 Å². The van der Waals surface area contributed by atoms with Crippen molar-refractivity contribution in [2.24, 2.45) is 0 Å². The van der Waals surface area contributed by atoms with Gasteiger partial charge in [0.25, 0.3) is 0 Å². The molecule has 6 nitrogen and oxygen atoms in total.